The molecule has 0 fully saturated rings. The Morgan fingerprint density at radius 2 is 1.74 bits per heavy atom. The third kappa shape index (κ3) is 4.51. The molecule has 1 aromatic carbocycles. The molecule has 23 heavy (non-hydrogen) atoms. The Kier molecular flexibility index (Phi) is 5.35. The highest BCUT2D eigenvalue weighted by Gasteiger charge is 2.29. The zero-order valence-electron chi connectivity index (χ0n) is 12.5. The number of aromatic nitrogens is 2. The molecule has 1 aromatic heterocycles. The normalized spacial score (nSPS) is 11.7. The predicted molar refractivity (Wildman–Crippen MR) is 86.1 cm³/mol. The van der Waals surface area contributed by atoms with Gasteiger partial charge in [0, 0.05) is 12.2 Å². The van der Waals surface area contributed by atoms with Crippen molar-refractivity contribution in [2.45, 2.75) is 31.1 Å². The molecule has 8 heteroatoms. The van der Waals surface area contributed by atoms with E-state index in [-0.39, 0.29) is 11.5 Å². The molecule has 0 spiro atoms. The molecule has 0 atom stereocenters. The standard InChI is InChI=1S/C15H17F3N4S/c1-2-7-23-14-21-11(12(19)13(20)22-14)8-9-3-5-10(6-4-9)15(16,17)18/h3-6H,2,7-8,19H2,1H3,(H2,20,21,22). The molecule has 0 aliphatic carbocycles. The Balaban J connectivity index is 2.23. The van der Waals surface area contributed by atoms with Crippen LogP contribution in [0.1, 0.15) is 30.2 Å². The largest absolute Gasteiger partial charge is 0.416 e. The molecule has 0 bridgehead atoms. The minimum absolute atomic E-state index is 0.195. The van der Waals surface area contributed by atoms with Crippen LogP contribution in [0.3, 0.4) is 0 Å². The Morgan fingerprint density at radius 3 is 2.30 bits per heavy atom. The molecule has 2 aromatic rings. The summed E-state index contributed by atoms with van der Waals surface area (Å²) >= 11 is 1.47. The predicted octanol–water partition coefficient (Wildman–Crippen LogP) is 3.75. The van der Waals surface area contributed by atoms with Crippen molar-refractivity contribution in [2.24, 2.45) is 0 Å². The zero-order chi connectivity index (χ0) is 17.0. The average Bonchev–Trinajstić information content (AvgIpc) is 2.49. The Labute approximate surface area is 136 Å². The third-order valence-corrected chi connectivity index (χ3v) is 4.17. The summed E-state index contributed by atoms with van der Waals surface area (Å²) in [6.45, 7) is 2.04. The first-order chi connectivity index (χ1) is 10.8. The van der Waals surface area contributed by atoms with Crippen molar-refractivity contribution in [2.75, 3.05) is 17.2 Å². The van der Waals surface area contributed by atoms with Crippen molar-refractivity contribution in [3.63, 3.8) is 0 Å². The van der Waals surface area contributed by atoms with Gasteiger partial charge in [0.25, 0.3) is 0 Å². The monoisotopic (exact) mass is 342 g/mol. The lowest BCUT2D eigenvalue weighted by molar-refractivity contribution is -0.137. The van der Waals surface area contributed by atoms with E-state index in [1.165, 1.54) is 23.9 Å². The molecule has 124 valence electrons. The number of hydrogen-bond donors (Lipinski definition) is 2. The number of nitrogen functional groups attached to an aromatic ring is 2. The number of nitrogens with two attached hydrogens (primary N) is 2. The van der Waals surface area contributed by atoms with Crippen molar-refractivity contribution < 1.29 is 13.2 Å². The quantitative estimate of drug-likeness (QED) is 0.639. The van der Waals surface area contributed by atoms with Crippen molar-refractivity contribution >= 4 is 23.3 Å². The van der Waals surface area contributed by atoms with Crippen LogP contribution in [0.2, 0.25) is 0 Å². The second kappa shape index (κ2) is 7.08. The maximum atomic E-state index is 12.6. The van der Waals surface area contributed by atoms with Gasteiger partial charge >= 0.3 is 6.18 Å². The van der Waals surface area contributed by atoms with Crippen LogP contribution in [0.4, 0.5) is 24.7 Å². The molecule has 0 radical (unpaired) electrons. The fourth-order valence-corrected chi connectivity index (χ4v) is 2.63. The maximum absolute atomic E-state index is 12.6. The van der Waals surface area contributed by atoms with Crippen LogP contribution < -0.4 is 11.5 Å². The van der Waals surface area contributed by atoms with Gasteiger partial charge in [-0.3, -0.25) is 0 Å². The number of hydrogen-bond acceptors (Lipinski definition) is 5. The molecule has 0 unspecified atom stereocenters. The van der Waals surface area contributed by atoms with E-state index in [0.29, 0.717) is 22.8 Å². The molecule has 0 aliphatic heterocycles. The van der Waals surface area contributed by atoms with Crippen LogP contribution >= 0.6 is 11.8 Å². The highest BCUT2D eigenvalue weighted by atomic mass is 32.2. The van der Waals surface area contributed by atoms with Gasteiger partial charge in [-0.25, -0.2) is 9.97 Å². The molecule has 2 rings (SSSR count). The van der Waals surface area contributed by atoms with Crippen LogP contribution in [0.25, 0.3) is 0 Å². The summed E-state index contributed by atoms with van der Waals surface area (Å²) in [4.78, 5) is 8.48. The summed E-state index contributed by atoms with van der Waals surface area (Å²) in [6, 6.07) is 4.92. The smallest absolute Gasteiger partial charge is 0.394 e. The third-order valence-electron chi connectivity index (χ3n) is 3.12. The van der Waals surface area contributed by atoms with E-state index in [2.05, 4.69) is 9.97 Å². The molecular weight excluding hydrogens is 325 g/mol. The van der Waals surface area contributed by atoms with E-state index in [1.807, 2.05) is 6.92 Å². The molecule has 4 nitrogen and oxygen atoms in total. The molecular formula is C15H17F3N4S. The van der Waals surface area contributed by atoms with E-state index in [0.717, 1.165) is 24.3 Å². The summed E-state index contributed by atoms with van der Waals surface area (Å²) in [7, 11) is 0. The van der Waals surface area contributed by atoms with Gasteiger partial charge in [0.15, 0.2) is 11.0 Å². The first-order valence-corrected chi connectivity index (χ1v) is 8.00. The number of alkyl halides is 3. The lowest BCUT2D eigenvalue weighted by Crippen LogP contribution is -2.08. The van der Waals surface area contributed by atoms with E-state index in [1.54, 1.807) is 0 Å². The van der Waals surface area contributed by atoms with Crippen LogP contribution in [-0.2, 0) is 12.6 Å². The van der Waals surface area contributed by atoms with Gasteiger partial charge in [0.1, 0.15) is 0 Å². The number of thioether (sulfide) groups is 1. The number of halogens is 3. The first-order valence-electron chi connectivity index (χ1n) is 7.02. The maximum Gasteiger partial charge on any atom is 0.416 e. The van der Waals surface area contributed by atoms with Crippen LogP contribution in [0.15, 0.2) is 29.4 Å². The van der Waals surface area contributed by atoms with Crippen molar-refractivity contribution in [1.82, 2.24) is 9.97 Å². The van der Waals surface area contributed by atoms with Gasteiger partial charge in [-0.05, 0) is 24.1 Å². The Hall–Kier alpha value is -1.96. The summed E-state index contributed by atoms with van der Waals surface area (Å²) in [5.74, 6) is 1.05. The Bertz CT molecular complexity index is 672. The summed E-state index contributed by atoms with van der Waals surface area (Å²) in [5, 5.41) is 0.528. The Morgan fingerprint density at radius 1 is 1.09 bits per heavy atom. The zero-order valence-corrected chi connectivity index (χ0v) is 13.3. The SMILES string of the molecule is CCCSc1nc(N)c(N)c(Cc2ccc(C(F)(F)F)cc2)n1. The van der Waals surface area contributed by atoms with E-state index >= 15 is 0 Å². The first kappa shape index (κ1) is 17.4. The molecule has 0 amide bonds. The second-order valence-electron chi connectivity index (χ2n) is 4.97. The molecule has 0 saturated carbocycles. The van der Waals surface area contributed by atoms with Gasteiger partial charge < -0.3 is 11.5 Å². The van der Waals surface area contributed by atoms with Crippen molar-refractivity contribution in [3.05, 3.63) is 41.1 Å². The number of nitrogens with zero attached hydrogens (tertiary/aromatic N) is 2. The summed E-state index contributed by atoms with van der Waals surface area (Å²) in [6.07, 6.45) is -3.08. The van der Waals surface area contributed by atoms with Crippen LogP contribution in [-0.4, -0.2) is 15.7 Å². The molecule has 4 N–H and O–H groups in total. The van der Waals surface area contributed by atoms with Gasteiger partial charge in [-0.15, -0.1) is 0 Å². The van der Waals surface area contributed by atoms with Gasteiger partial charge in [-0.1, -0.05) is 30.8 Å². The van der Waals surface area contributed by atoms with E-state index < -0.39 is 11.7 Å². The topological polar surface area (TPSA) is 77.8 Å². The van der Waals surface area contributed by atoms with Crippen LogP contribution in [0, 0.1) is 0 Å². The van der Waals surface area contributed by atoms with Gasteiger partial charge in [0.2, 0.25) is 0 Å². The minimum atomic E-state index is -4.35. The van der Waals surface area contributed by atoms with Crippen LogP contribution in [0.5, 0.6) is 0 Å². The summed E-state index contributed by atoms with van der Waals surface area (Å²) < 4.78 is 37.7. The minimum Gasteiger partial charge on any atom is -0.394 e. The lowest BCUT2D eigenvalue weighted by Gasteiger charge is -2.11. The number of benzene rings is 1. The van der Waals surface area contributed by atoms with E-state index in [9.17, 15) is 13.2 Å². The van der Waals surface area contributed by atoms with Crippen molar-refractivity contribution in [1.29, 1.82) is 0 Å². The van der Waals surface area contributed by atoms with E-state index in [4.69, 9.17) is 11.5 Å². The highest BCUT2D eigenvalue weighted by molar-refractivity contribution is 7.99. The fraction of sp³-hybridized carbons (Fsp3) is 0.333. The number of rotatable bonds is 5. The molecule has 0 aliphatic rings. The van der Waals surface area contributed by atoms with Crippen molar-refractivity contribution in [3.8, 4) is 0 Å². The molecule has 1 heterocycles. The second-order valence-corrected chi connectivity index (χ2v) is 6.03. The number of anilines is 2. The fourth-order valence-electron chi connectivity index (χ4n) is 1.91. The van der Waals surface area contributed by atoms with Gasteiger partial charge in [-0.2, -0.15) is 13.2 Å². The highest BCUT2D eigenvalue weighted by Crippen LogP contribution is 2.30. The molecule has 0 saturated heterocycles. The lowest BCUT2D eigenvalue weighted by atomic mass is 10.1. The average molecular weight is 342 g/mol. The summed E-state index contributed by atoms with van der Waals surface area (Å²) in [5.41, 5.74) is 12.5. The van der Waals surface area contributed by atoms with Gasteiger partial charge in [0.05, 0.1) is 16.9 Å².